The van der Waals surface area contributed by atoms with Gasteiger partial charge in [0.05, 0.1) is 17.2 Å². The number of rotatable bonds is 4. The van der Waals surface area contributed by atoms with Crippen molar-refractivity contribution in [2.75, 3.05) is 18.0 Å². The van der Waals surface area contributed by atoms with Gasteiger partial charge in [-0.2, -0.15) is 10.2 Å². The lowest BCUT2D eigenvalue weighted by Gasteiger charge is -2.47. The monoisotopic (exact) mass is 529 g/mol. The number of hydrogen-bond donors (Lipinski definition) is 0. The Labute approximate surface area is 226 Å². The van der Waals surface area contributed by atoms with Gasteiger partial charge >= 0.3 is 0 Å². The number of halogens is 1. The SMILES string of the molecule is C[C@@H]1CN(c2cc(=O)n(C)c3ccc(C#N)nc23)[C@@H](C)CN1C(c1ccc(F)cc1)c1noc(C(C)(C)C)n1. The number of nitrogens with zero attached hydrogens (tertiary/aromatic N) is 7. The van der Waals surface area contributed by atoms with Gasteiger partial charge in [-0.05, 0) is 43.7 Å². The fourth-order valence-corrected chi connectivity index (χ4v) is 5.23. The summed E-state index contributed by atoms with van der Waals surface area (Å²) in [7, 11) is 1.70. The number of aryl methyl sites for hydroxylation is 1. The molecule has 0 aliphatic carbocycles. The summed E-state index contributed by atoms with van der Waals surface area (Å²) in [5.74, 6) is 0.752. The van der Waals surface area contributed by atoms with Gasteiger partial charge in [-0.25, -0.2) is 9.37 Å². The van der Waals surface area contributed by atoms with Crippen LogP contribution in [0.2, 0.25) is 0 Å². The molecule has 0 saturated carbocycles. The van der Waals surface area contributed by atoms with E-state index in [1.807, 2.05) is 20.8 Å². The molecule has 1 unspecified atom stereocenters. The second-order valence-electron chi connectivity index (χ2n) is 11.3. The van der Waals surface area contributed by atoms with E-state index in [0.717, 1.165) is 5.56 Å². The molecule has 4 aromatic rings. The van der Waals surface area contributed by atoms with Crippen LogP contribution in [-0.2, 0) is 12.5 Å². The Morgan fingerprint density at radius 1 is 1.08 bits per heavy atom. The topological polar surface area (TPSA) is 104 Å². The zero-order valence-corrected chi connectivity index (χ0v) is 23.0. The van der Waals surface area contributed by atoms with Crippen molar-refractivity contribution in [2.24, 2.45) is 7.05 Å². The lowest BCUT2D eigenvalue weighted by Crippen LogP contribution is -2.57. The molecule has 0 radical (unpaired) electrons. The van der Waals surface area contributed by atoms with Crippen LogP contribution in [0.3, 0.4) is 0 Å². The molecule has 202 valence electrons. The molecule has 3 atom stereocenters. The zero-order valence-electron chi connectivity index (χ0n) is 23.0. The molecule has 0 bridgehead atoms. The van der Waals surface area contributed by atoms with E-state index in [0.29, 0.717) is 47.2 Å². The second-order valence-corrected chi connectivity index (χ2v) is 11.3. The van der Waals surface area contributed by atoms with Gasteiger partial charge in [-0.3, -0.25) is 9.69 Å². The first-order chi connectivity index (χ1) is 18.5. The van der Waals surface area contributed by atoms with E-state index >= 15 is 0 Å². The van der Waals surface area contributed by atoms with Crippen LogP contribution in [0.1, 0.15) is 63.6 Å². The number of nitriles is 1. The van der Waals surface area contributed by atoms with E-state index in [4.69, 9.17) is 9.51 Å². The molecule has 1 aliphatic heterocycles. The first kappa shape index (κ1) is 26.5. The summed E-state index contributed by atoms with van der Waals surface area (Å²) in [5.41, 5.74) is 2.70. The molecule has 3 aromatic heterocycles. The van der Waals surface area contributed by atoms with Gasteiger partial charge in [-0.1, -0.05) is 38.1 Å². The van der Waals surface area contributed by atoms with Crippen LogP contribution in [0, 0.1) is 17.1 Å². The van der Waals surface area contributed by atoms with Gasteiger partial charge in [0, 0.05) is 43.7 Å². The smallest absolute Gasteiger partial charge is 0.252 e. The maximum atomic E-state index is 13.9. The first-order valence-corrected chi connectivity index (χ1v) is 13.0. The van der Waals surface area contributed by atoms with Crippen molar-refractivity contribution in [3.8, 4) is 6.07 Å². The van der Waals surface area contributed by atoms with Gasteiger partial charge in [-0.15, -0.1) is 0 Å². The van der Waals surface area contributed by atoms with Crippen LogP contribution >= 0.6 is 0 Å². The fourth-order valence-electron chi connectivity index (χ4n) is 5.23. The predicted molar refractivity (Wildman–Crippen MR) is 146 cm³/mol. The number of pyridine rings is 2. The summed E-state index contributed by atoms with van der Waals surface area (Å²) in [6.45, 7) is 11.4. The van der Waals surface area contributed by atoms with Crippen LogP contribution in [0.5, 0.6) is 0 Å². The summed E-state index contributed by atoms with van der Waals surface area (Å²) in [6.07, 6.45) is 0. The van der Waals surface area contributed by atoms with Crippen molar-refractivity contribution in [1.82, 2.24) is 24.6 Å². The molecule has 1 fully saturated rings. The third-order valence-corrected chi connectivity index (χ3v) is 7.37. The quantitative estimate of drug-likeness (QED) is 0.385. The highest BCUT2D eigenvalue weighted by atomic mass is 19.1. The number of hydrogen-bond acceptors (Lipinski definition) is 8. The van der Waals surface area contributed by atoms with Gasteiger partial charge in [0.1, 0.15) is 23.1 Å². The fraction of sp³-hybridized carbons (Fsp3) is 0.414. The van der Waals surface area contributed by atoms with Crippen LogP contribution in [0.4, 0.5) is 10.1 Å². The molecule has 4 heterocycles. The van der Waals surface area contributed by atoms with E-state index in [9.17, 15) is 14.4 Å². The Morgan fingerprint density at radius 2 is 1.79 bits per heavy atom. The molecule has 39 heavy (non-hydrogen) atoms. The van der Waals surface area contributed by atoms with Crippen molar-refractivity contribution in [3.63, 3.8) is 0 Å². The lowest BCUT2D eigenvalue weighted by atomic mass is 9.96. The van der Waals surface area contributed by atoms with Crippen molar-refractivity contribution in [3.05, 3.63) is 81.6 Å². The molecule has 1 saturated heterocycles. The van der Waals surface area contributed by atoms with E-state index in [1.54, 1.807) is 41.9 Å². The highest BCUT2D eigenvalue weighted by Gasteiger charge is 2.38. The van der Waals surface area contributed by atoms with Gasteiger partial charge in [0.25, 0.3) is 5.56 Å². The minimum Gasteiger partial charge on any atom is -0.364 e. The Kier molecular flexibility index (Phi) is 6.72. The van der Waals surface area contributed by atoms with Crippen LogP contribution in [0.15, 0.2) is 51.8 Å². The van der Waals surface area contributed by atoms with Gasteiger partial charge in [0.2, 0.25) is 5.89 Å². The summed E-state index contributed by atoms with van der Waals surface area (Å²) in [5, 5.41) is 13.8. The van der Waals surface area contributed by atoms with E-state index in [-0.39, 0.29) is 34.9 Å². The van der Waals surface area contributed by atoms with E-state index in [1.165, 1.54) is 12.1 Å². The molecule has 0 spiro atoms. The number of benzene rings is 1. The molecule has 1 aliphatic rings. The average Bonchev–Trinajstić information content (AvgIpc) is 3.40. The molecule has 10 heteroatoms. The summed E-state index contributed by atoms with van der Waals surface area (Å²) in [6, 6.07) is 13.1. The summed E-state index contributed by atoms with van der Waals surface area (Å²) >= 11 is 0. The third-order valence-electron chi connectivity index (χ3n) is 7.37. The van der Waals surface area contributed by atoms with Crippen LogP contribution < -0.4 is 10.5 Å². The molecule has 5 rings (SSSR count). The Bertz CT molecular complexity index is 1610. The maximum absolute atomic E-state index is 13.9. The number of fused-ring (bicyclic) bond motifs is 1. The Morgan fingerprint density at radius 3 is 2.44 bits per heavy atom. The first-order valence-electron chi connectivity index (χ1n) is 13.0. The highest BCUT2D eigenvalue weighted by Crippen LogP contribution is 2.35. The molecule has 9 nitrogen and oxygen atoms in total. The summed E-state index contributed by atoms with van der Waals surface area (Å²) < 4.78 is 21.0. The molecule has 0 N–H and O–H groups in total. The van der Waals surface area contributed by atoms with Crippen LogP contribution in [0.25, 0.3) is 11.0 Å². The molecular weight excluding hydrogens is 497 g/mol. The van der Waals surface area contributed by atoms with Crippen molar-refractivity contribution in [2.45, 2.75) is 58.2 Å². The Balaban J connectivity index is 1.55. The normalized spacial score (nSPS) is 19.3. The van der Waals surface area contributed by atoms with E-state index in [2.05, 4.69) is 39.9 Å². The Hall–Kier alpha value is -4.10. The standard InChI is InChI=1S/C29H32FN7O2/c1-17-16-37(26(19-7-9-20(30)10-8-19)27-33-28(39-34-27)29(3,4)5)18(2)15-36(17)23-13-24(38)35(6)22-12-11-21(14-31)32-25(22)23/h7-13,17-18,26H,15-16H2,1-6H3/t17-,18+,26?/m0/s1. The maximum Gasteiger partial charge on any atom is 0.252 e. The summed E-state index contributed by atoms with van der Waals surface area (Å²) in [4.78, 5) is 26.7. The number of anilines is 1. The van der Waals surface area contributed by atoms with Crippen molar-refractivity contribution >= 4 is 16.7 Å². The second kappa shape index (κ2) is 9.89. The minimum absolute atomic E-state index is 0.00824. The van der Waals surface area contributed by atoms with Gasteiger partial charge < -0.3 is 14.0 Å². The zero-order chi connectivity index (χ0) is 28.1. The molecular formula is C29H32FN7O2. The van der Waals surface area contributed by atoms with E-state index < -0.39 is 0 Å². The average molecular weight is 530 g/mol. The van der Waals surface area contributed by atoms with Gasteiger partial charge in [0.15, 0.2) is 5.82 Å². The number of aromatic nitrogens is 4. The lowest BCUT2D eigenvalue weighted by molar-refractivity contribution is 0.124. The predicted octanol–water partition coefficient (Wildman–Crippen LogP) is 4.31. The van der Waals surface area contributed by atoms with Crippen molar-refractivity contribution < 1.29 is 8.91 Å². The molecule has 0 amide bonds. The number of piperazine rings is 1. The minimum atomic E-state index is -0.353. The third kappa shape index (κ3) is 4.90. The largest absolute Gasteiger partial charge is 0.364 e. The highest BCUT2D eigenvalue weighted by molar-refractivity contribution is 5.89. The van der Waals surface area contributed by atoms with Crippen LogP contribution in [-0.4, -0.2) is 49.8 Å². The molecule has 1 aromatic carbocycles. The van der Waals surface area contributed by atoms with Crippen molar-refractivity contribution in [1.29, 1.82) is 5.26 Å².